The van der Waals surface area contributed by atoms with Crippen LogP contribution in [0.1, 0.15) is 41.7 Å². The normalized spacial score (nSPS) is 14.5. The number of aromatic nitrogens is 1. The van der Waals surface area contributed by atoms with Crippen molar-refractivity contribution >= 4 is 11.8 Å². The van der Waals surface area contributed by atoms with Gasteiger partial charge in [0, 0.05) is 31.7 Å². The third kappa shape index (κ3) is 5.55. The summed E-state index contributed by atoms with van der Waals surface area (Å²) in [4.78, 5) is 30.5. The fourth-order valence-corrected chi connectivity index (χ4v) is 3.31. The first-order valence-corrected chi connectivity index (χ1v) is 9.81. The molecule has 0 atom stereocenters. The zero-order valence-electron chi connectivity index (χ0n) is 16.3. The molecule has 148 valence electrons. The van der Waals surface area contributed by atoms with Crippen molar-refractivity contribution in [3.63, 3.8) is 0 Å². The SMILES string of the molecule is Cc1ccccc1OCCCC(=O)N1CCC(NC(=O)c2ccccn2)CC1. The monoisotopic (exact) mass is 381 g/mol. The topological polar surface area (TPSA) is 71.5 Å². The third-order valence-corrected chi connectivity index (χ3v) is 4.97. The zero-order valence-corrected chi connectivity index (χ0v) is 16.3. The molecule has 6 nitrogen and oxygen atoms in total. The summed E-state index contributed by atoms with van der Waals surface area (Å²) in [5.41, 5.74) is 1.53. The molecule has 2 aromatic rings. The molecule has 2 heterocycles. The molecular formula is C22H27N3O3. The van der Waals surface area contributed by atoms with E-state index >= 15 is 0 Å². The number of amides is 2. The second-order valence-electron chi connectivity index (χ2n) is 7.06. The number of hydrogen-bond donors (Lipinski definition) is 1. The van der Waals surface area contributed by atoms with Crippen molar-refractivity contribution in [2.24, 2.45) is 0 Å². The fraction of sp³-hybridized carbons (Fsp3) is 0.409. The molecule has 0 spiro atoms. The van der Waals surface area contributed by atoms with Crippen molar-refractivity contribution in [2.75, 3.05) is 19.7 Å². The maximum Gasteiger partial charge on any atom is 0.270 e. The van der Waals surface area contributed by atoms with Crippen LogP contribution in [0.4, 0.5) is 0 Å². The first kappa shape index (κ1) is 19.9. The largest absolute Gasteiger partial charge is 0.493 e. The van der Waals surface area contributed by atoms with Crippen molar-refractivity contribution in [1.82, 2.24) is 15.2 Å². The second-order valence-corrected chi connectivity index (χ2v) is 7.06. The van der Waals surface area contributed by atoms with E-state index in [9.17, 15) is 9.59 Å². The minimum Gasteiger partial charge on any atom is -0.493 e. The molecule has 6 heteroatoms. The second kappa shape index (κ2) is 9.88. The van der Waals surface area contributed by atoms with Gasteiger partial charge in [0.25, 0.3) is 5.91 Å². The summed E-state index contributed by atoms with van der Waals surface area (Å²) in [7, 11) is 0. The van der Waals surface area contributed by atoms with Crippen LogP contribution in [-0.4, -0.2) is 47.4 Å². The molecule has 28 heavy (non-hydrogen) atoms. The number of benzene rings is 1. The van der Waals surface area contributed by atoms with Crippen LogP contribution in [-0.2, 0) is 4.79 Å². The molecule has 1 saturated heterocycles. The minimum absolute atomic E-state index is 0.0861. The number of para-hydroxylation sites is 1. The number of nitrogens with one attached hydrogen (secondary N) is 1. The van der Waals surface area contributed by atoms with Gasteiger partial charge in [-0.25, -0.2) is 0 Å². The van der Waals surface area contributed by atoms with Crippen LogP contribution >= 0.6 is 0 Å². The Hall–Kier alpha value is -2.89. The summed E-state index contributed by atoms with van der Waals surface area (Å²) in [6, 6.07) is 13.3. The number of hydrogen-bond acceptors (Lipinski definition) is 4. The van der Waals surface area contributed by atoms with Crippen LogP contribution in [0.3, 0.4) is 0 Å². The van der Waals surface area contributed by atoms with Gasteiger partial charge in [0.05, 0.1) is 6.61 Å². The molecule has 0 bridgehead atoms. The lowest BCUT2D eigenvalue weighted by Gasteiger charge is -2.32. The van der Waals surface area contributed by atoms with Crippen LogP contribution in [0.2, 0.25) is 0 Å². The van der Waals surface area contributed by atoms with Gasteiger partial charge in [-0.05, 0) is 49.9 Å². The maximum absolute atomic E-state index is 12.4. The van der Waals surface area contributed by atoms with E-state index in [-0.39, 0.29) is 17.9 Å². The standard InChI is InChI=1S/C22H27N3O3/c1-17-7-2-3-9-20(17)28-16-6-10-21(26)25-14-11-18(12-15-25)24-22(27)19-8-4-5-13-23-19/h2-5,7-9,13,18H,6,10-12,14-16H2,1H3,(H,24,27). The molecule has 0 unspecified atom stereocenters. The average Bonchev–Trinajstić information content (AvgIpc) is 2.73. The molecule has 1 aromatic carbocycles. The lowest BCUT2D eigenvalue weighted by Crippen LogP contribution is -2.46. The van der Waals surface area contributed by atoms with Crippen molar-refractivity contribution in [2.45, 2.75) is 38.6 Å². The summed E-state index contributed by atoms with van der Waals surface area (Å²) in [6.45, 7) is 3.89. The van der Waals surface area contributed by atoms with Gasteiger partial charge >= 0.3 is 0 Å². The quantitative estimate of drug-likeness (QED) is 0.749. The van der Waals surface area contributed by atoms with Gasteiger partial charge in [0.15, 0.2) is 0 Å². The number of ether oxygens (including phenoxy) is 1. The van der Waals surface area contributed by atoms with E-state index in [1.807, 2.05) is 36.1 Å². The fourth-order valence-electron chi connectivity index (χ4n) is 3.31. The van der Waals surface area contributed by atoms with E-state index in [4.69, 9.17) is 4.74 Å². The van der Waals surface area contributed by atoms with Crippen molar-refractivity contribution in [1.29, 1.82) is 0 Å². The van der Waals surface area contributed by atoms with E-state index in [0.29, 0.717) is 38.2 Å². The van der Waals surface area contributed by atoms with Crippen LogP contribution in [0.25, 0.3) is 0 Å². The number of pyridine rings is 1. The Morgan fingerprint density at radius 1 is 1.14 bits per heavy atom. The molecule has 1 fully saturated rings. The first-order chi connectivity index (χ1) is 13.6. The van der Waals surface area contributed by atoms with Gasteiger partial charge in [-0.15, -0.1) is 0 Å². The van der Waals surface area contributed by atoms with Crippen LogP contribution in [0.15, 0.2) is 48.7 Å². The van der Waals surface area contributed by atoms with Crippen molar-refractivity contribution in [3.05, 3.63) is 59.9 Å². The minimum atomic E-state index is -0.154. The number of carbonyl (C=O) groups excluding carboxylic acids is 2. The van der Waals surface area contributed by atoms with Crippen molar-refractivity contribution in [3.8, 4) is 5.75 Å². The smallest absolute Gasteiger partial charge is 0.270 e. The lowest BCUT2D eigenvalue weighted by molar-refractivity contribution is -0.132. The van der Waals surface area contributed by atoms with Gasteiger partial charge in [0.1, 0.15) is 11.4 Å². The molecule has 1 N–H and O–H groups in total. The molecule has 1 aliphatic heterocycles. The third-order valence-electron chi connectivity index (χ3n) is 4.97. The number of piperidine rings is 1. The highest BCUT2D eigenvalue weighted by molar-refractivity contribution is 5.92. The number of aryl methyl sites for hydroxylation is 1. The van der Waals surface area contributed by atoms with E-state index in [0.717, 1.165) is 24.2 Å². The highest BCUT2D eigenvalue weighted by atomic mass is 16.5. The Balaban J connectivity index is 1.34. The van der Waals surface area contributed by atoms with E-state index < -0.39 is 0 Å². The highest BCUT2D eigenvalue weighted by Gasteiger charge is 2.24. The Labute approximate surface area is 165 Å². The lowest BCUT2D eigenvalue weighted by atomic mass is 10.0. The van der Waals surface area contributed by atoms with Crippen LogP contribution < -0.4 is 10.1 Å². The average molecular weight is 381 g/mol. The van der Waals surface area contributed by atoms with E-state index in [2.05, 4.69) is 10.3 Å². The molecule has 1 aliphatic rings. The van der Waals surface area contributed by atoms with Gasteiger partial charge in [0.2, 0.25) is 5.91 Å². The molecule has 0 saturated carbocycles. The summed E-state index contributed by atoms with van der Waals surface area (Å²) in [5, 5.41) is 3.01. The number of carbonyl (C=O) groups is 2. The molecule has 1 aromatic heterocycles. The first-order valence-electron chi connectivity index (χ1n) is 9.81. The molecule has 0 radical (unpaired) electrons. The van der Waals surface area contributed by atoms with E-state index in [1.54, 1.807) is 24.4 Å². The number of rotatable bonds is 7. The summed E-state index contributed by atoms with van der Waals surface area (Å²) in [5.74, 6) is 0.876. The predicted molar refractivity (Wildman–Crippen MR) is 107 cm³/mol. The highest BCUT2D eigenvalue weighted by Crippen LogP contribution is 2.17. The molecule has 3 rings (SSSR count). The van der Waals surface area contributed by atoms with Gasteiger partial charge in [-0.3, -0.25) is 14.6 Å². The Morgan fingerprint density at radius 3 is 2.61 bits per heavy atom. The Bertz CT molecular complexity index is 787. The molecular weight excluding hydrogens is 354 g/mol. The summed E-state index contributed by atoms with van der Waals surface area (Å²) < 4.78 is 5.75. The van der Waals surface area contributed by atoms with Crippen LogP contribution in [0, 0.1) is 6.92 Å². The number of nitrogens with zero attached hydrogens (tertiary/aromatic N) is 2. The van der Waals surface area contributed by atoms with Gasteiger partial charge in [-0.2, -0.15) is 0 Å². The number of likely N-dealkylation sites (tertiary alicyclic amines) is 1. The predicted octanol–water partition coefficient (Wildman–Crippen LogP) is 2.97. The van der Waals surface area contributed by atoms with E-state index in [1.165, 1.54) is 0 Å². The van der Waals surface area contributed by atoms with Crippen LogP contribution in [0.5, 0.6) is 5.75 Å². The Kier molecular flexibility index (Phi) is 7.00. The summed E-state index contributed by atoms with van der Waals surface area (Å²) in [6.07, 6.45) is 4.33. The molecule has 2 amide bonds. The van der Waals surface area contributed by atoms with Crippen molar-refractivity contribution < 1.29 is 14.3 Å². The zero-order chi connectivity index (χ0) is 19.8. The maximum atomic E-state index is 12.4. The Morgan fingerprint density at radius 2 is 1.89 bits per heavy atom. The van der Waals surface area contributed by atoms with Gasteiger partial charge in [-0.1, -0.05) is 24.3 Å². The molecule has 0 aliphatic carbocycles. The summed E-state index contributed by atoms with van der Waals surface area (Å²) >= 11 is 0. The van der Waals surface area contributed by atoms with Gasteiger partial charge < -0.3 is 15.0 Å².